The van der Waals surface area contributed by atoms with Gasteiger partial charge in [0.1, 0.15) is 0 Å². The van der Waals surface area contributed by atoms with E-state index in [0.29, 0.717) is 15.6 Å². The number of thioether (sulfide) groups is 1. The van der Waals surface area contributed by atoms with Crippen LogP contribution in [0.25, 0.3) is 5.69 Å². The summed E-state index contributed by atoms with van der Waals surface area (Å²) in [5, 5.41) is 1.08. The Balaban J connectivity index is 1.85. The van der Waals surface area contributed by atoms with Crippen LogP contribution >= 0.6 is 23.4 Å². The Hall–Kier alpha value is -2.51. The number of hydrogen-bond donors (Lipinski definition) is 0. The lowest BCUT2D eigenvalue weighted by atomic mass is 10.1. The molecule has 0 radical (unpaired) electrons. The number of carbonyl (C=O) groups excluding carboxylic acids is 3. The lowest BCUT2D eigenvalue weighted by Crippen LogP contribution is -2.31. The Labute approximate surface area is 178 Å². The monoisotopic (exact) mass is 432 g/mol. The van der Waals surface area contributed by atoms with Crippen molar-refractivity contribution in [3.05, 3.63) is 63.4 Å². The van der Waals surface area contributed by atoms with Crippen molar-refractivity contribution in [3.8, 4) is 5.69 Å². The van der Waals surface area contributed by atoms with Gasteiger partial charge in [-0.3, -0.25) is 14.5 Å². The maximum absolute atomic E-state index is 13.0. The first-order valence-electron chi connectivity index (χ1n) is 9.11. The zero-order chi connectivity index (χ0) is 21.1. The number of aryl methyl sites for hydroxylation is 1. The number of carbonyl (C=O) groups is 3. The fourth-order valence-corrected chi connectivity index (χ4v) is 4.30. The van der Waals surface area contributed by atoms with Gasteiger partial charge in [-0.2, -0.15) is 0 Å². The van der Waals surface area contributed by atoms with Crippen LogP contribution in [0.2, 0.25) is 5.02 Å². The molecule has 1 saturated heterocycles. The van der Waals surface area contributed by atoms with E-state index >= 15 is 0 Å². The van der Waals surface area contributed by atoms with Crippen LogP contribution in [0.15, 0.2) is 41.4 Å². The normalized spacial score (nSPS) is 15.2. The van der Waals surface area contributed by atoms with Crippen LogP contribution in [-0.4, -0.2) is 46.0 Å². The molecule has 152 valence electrons. The molecule has 0 saturated carbocycles. The largest absolute Gasteiger partial charge is 0.463 e. The average molecular weight is 433 g/mol. The summed E-state index contributed by atoms with van der Waals surface area (Å²) in [4.78, 5) is 38.3. The molecule has 1 aromatic heterocycles. The Morgan fingerprint density at radius 1 is 1.24 bits per heavy atom. The van der Waals surface area contributed by atoms with Gasteiger partial charge in [-0.25, -0.2) is 4.79 Å². The maximum atomic E-state index is 13.0. The molecular weight excluding hydrogens is 412 g/mol. The van der Waals surface area contributed by atoms with Gasteiger partial charge in [0.2, 0.25) is 5.91 Å². The minimum Gasteiger partial charge on any atom is -0.463 e. The molecule has 1 aromatic carbocycles. The highest BCUT2D eigenvalue weighted by Crippen LogP contribution is 2.30. The highest BCUT2D eigenvalue weighted by Gasteiger charge is 2.30. The molecule has 3 rings (SSSR count). The summed E-state index contributed by atoms with van der Waals surface area (Å²) in [6.45, 7) is 5.62. The first kappa shape index (κ1) is 21.2. The van der Waals surface area contributed by atoms with Crippen LogP contribution in [0.4, 0.5) is 0 Å². The van der Waals surface area contributed by atoms with Crippen molar-refractivity contribution in [1.29, 1.82) is 0 Å². The van der Waals surface area contributed by atoms with Crippen molar-refractivity contribution >= 4 is 41.0 Å². The van der Waals surface area contributed by atoms with Crippen LogP contribution < -0.4 is 0 Å². The number of ether oxygens (including phenoxy) is 1. The van der Waals surface area contributed by atoms with E-state index < -0.39 is 5.97 Å². The third-order valence-corrected chi connectivity index (χ3v) is 5.83. The second kappa shape index (κ2) is 8.88. The van der Waals surface area contributed by atoms with Crippen molar-refractivity contribution in [1.82, 2.24) is 9.47 Å². The molecule has 0 aliphatic carbocycles. The molecule has 1 fully saturated rings. The molecule has 0 atom stereocenters. The van der Waals surface area contributed by atoms with Crippen LogP contribution in [0.5, 0.6) is 0 Å². The van der Waals surface area contributed by atoms with Gasteiger partial charge in [0.05, 0.1) is 30.0 Å². The van der Waals surface area contributed by atoms with Crippen molar-refractivity contribution in [2.24, 2.45) is 0 Å². The van der Waals surface area contributed by atoms with Crippen LogP contribution in [-0.2, 0) is 14.3 Å². The molecule has 29 heavy (non-hydrogen) atoms. The zero-order valence-electron chi connectivity index (χ0n) is 16.4. The summed E-state index contributed by atoms with van der Waals surface area (Å²) in [5.41, 5.74) is 3.12. The van der Waals surface area contributed by atoms with E-state index in [1.165, 1.54) is 22.7 Å². The summed E-state index contributed by atoms with van der Waals surface area (Å²) in [7, 11) is 0. The molecule has 2 heterocycles. The molecule has 0 bridgehead atoms. The second-order valence-corrected chi connectivity index (χ2v) is 7.96. The lowest BCUT2D eigenvalue weighted by molar-refractivity contribution is -0.137. The smallest absolute Gasteiger partial charge is 0.333 e. The molecule has 8 heteroatoms. The number of Topliss-reactive ketones (excluding diaryl/α,β-unsaturated/α-hetero) is 1. The molecule has 1 aliphatic heterocycles. The number of amides is 1. The van der Waals surface area contributed by atoms with Crippen molar-refractivity contribution < 1.29 is 19.1 Å². The van der Waals surface area contributed by atoms with E-state index in [0.717, 1.165) is 17.1 Å². The summed E-state index contributed by atoms with van der Waals surface area (Å²) in [5.74, 6) is -0.722. The van der Waals surface area contributed by atoms with Crippen LogP contribution in [0.3, 0.4) is 0 Å². The van der Waals surface area contributed by atoms with Gasteiger partial charge in [0.25, 0.3) is 0 Å². The molecule has 0 N–H and O–H groups in total. The standard InChI is InChI=1S/C21H21ClN2O4S/c1-4-28-21(27)10-20-23(19(26)12-29-20)11-18(25)17-9-13(2)24(14(17)3)16-7-5-15(22)6-8-16/h5-10H,4,11-12H2,1-3H3. The number of halogens is 1. The van der Waals surface area contributed by atoms with Crippen LogP contribution in [0, 0.1) is 13.8 Å². The van der Waals surface area contributed by atoms with E-state index in [1.54, 1.807) is 19.1 Å². The fourth-order valence-electron chi connectivity index (χ4n) is 3.25. The van der Waals surface area contributed by atoms with Crippen molar-refractivity contribution in [2.75, 3.05) is 18.9 Å². The summed E-state index contributed by atoms with van der Waals surface area (Å²) >= 11 is 7.20. The van der Waals surface area contributed by atoms with Crippen molar-refractivity contribution in [2.45, 2.75) is 20.8 Å². The topological polar surface area (TPSA) is 68.6 Å². The van der Waals surface area contributed by atoms with Gasteiger partial charge in [0, 0.05) is 27.7 Å². The molecule has 6 nitrogen and oxygen atoms in total. The molecule has 1 aliphatic rings. The number of aromatic nitrogens is 1. The van der Waals surface area contributed by atoms with Gasteiger partial charge in [0.15, 0.2) is 5.78 Å². The predicted octanol–water partition coefficient (Wildman–Crippen LogP) is 3.91. The lowest BCUT2D eigenvalue weighted by Gasteiger charge is -2.16. The highest BCUT2D eigenvalue weighted by molar-refractivity contribution is 8.04. The third-order valence-electron chi connectivity index (χ3n) is 4.56. The quantitative estimate of drug-likeness (QED) is 0.393. The van der Waals surface area contributed by atoms with Gasteiger partial charge >= 0.3 is 5.97 Å². The van der Waals surface area contributed by atoms with Gasteiger partial charge in [-0.05, 0) is 51.1 Å². The first-order valence-corrected chi connectivity index (χ1v) is 10.5. The Bertz CT molecular complexity index is 995. The number of rotatable bonds is 6. The van der Waals surface area contributed by atoms with E-state index in [1.807, 2.05) is 36.6 Å². The van der Waals surface area contributed by atoms with E-state index in [2.05, 4.69) is 0 Å². The van der Waals surface area contributed by atoms with Gasteiger partial charge in [-0.15, -0.1) is 0 Å². The average Bonchev–Trinajstić information content (AvgIpc) is 3.16. The second-order valence-electron chi connectivity index (χ2n) is 6.52. The molecular formula is C21H21ClN2O4S. The summed E-state index contributed by atoms with van der Waals surface area (Å²) < 4.78 is 6.88. The highest BCUT2D eigenvalue weighted by atomic mass is 35.5. The SMILES string of the molecule is CCOC(=O)C=C1SCC(=O)N1CC(=O)c1cc(C)n(-c2ccc(Cl)cc2)c1C. The Morgan fingerprint density at radius 3 is 2.59 bits per heavy atom. The molecule has 2 aromatic rings. The number of benzene rings is 1. The summed E-state index contributed by atoms with van der Waals surface area (Å²) in [6.07, 6.45) is 1.27. The minimum atomic E-state index is -0.525. The Kier molecular flexibility index (Phi) is 6.49. The fraction of sp³-hybridized carbons (Fsp3) is 0.286. The number of nitrogens with zero attached hydrogens (tertiary/aromatic N) is 2. The zero-order valence-corrected chi connectivity index (χ0v) is 18.0. The number of ketones is 1. The van der Waals surface area contributed by atoms with E-state index in [-0.39, 0.29) is 30.6 Å². The number of esters is 1. The van der Waals surface area contributed by atoms with Crippen LogP contribution in [0.1, 0.15) is 28.7 Å². The van der Waals surface area contributed by atoms with Gasteiger partial charge < -0.3 is 9.30 Å². The predicted molar refractivity (Wildman–Crippen MR) is 113 cm³/mol. The third kappa shape index (κ3) is 4.57. The van der Waals surface area contributed by atoms with E-state index in [9.17, 15) is 14.4 Å². The molecule has 0 spiro atoms. The van der Waals surface area contributed by atoms with Crippen molar-refractivity contribution in [3.63, 3.8) is 0 Å². The molecule has 0 unspecified atom stereocenters. The Morgan fingerprint density at radius 2 is 1.93 bits per heavy atom. The van der Waals surface area contributed by atoms with Gasteiger partial charge in [-0.1, -0.05) is 23.4 Å². The summed E-state index contributed by atoms with van der Waals surface area (Å²) in [6, 6.07) is 9.18. The van der Waals surface area contributed by atoms with E-state index in [4.69, 9.17) is 16.3 Å². The number of hydrogen-bond acceptors (Lipinski definition) is 5. The molecule has 1 amide bonds. The minimum absolute atomic E-state index is 0.123. The maximum Gasteiger partial charge on any atom is 0.333 e. The first-order chi connectivity index (χ1) is 13.8.